The molecule has 30 heavy (non-hydrogen) atoms. The van der Waals surface area contributed by atoms with Crippen molar-refractivity contribution in [3.8, 4) is 0 Å². The Hall–Kier alpha value is -2.51. The first-order valence-corrected chi connectivity index (χ1v) is 9.74. The lowest BCUT2D eigenvalue weighted by molar-refractivity contribution is -0.192. The van der Waals surface area contributed by atoms with Crippen LogP contribution in [0.15, 0.2) is 27.1 Å². The summed E-state index contributed by atoms with van der Waals surface area (Å²) in [4.78, 5) is 36.6. The molecule has 0 saturated carbocycles. The van der Waals surface area contributed by atoms with Crippen LogP contribution in [0, 0.1) is 0 Å². The summed E-state index contributed by atoms with van der Waals surface area (Å²) in [5, 5.41) is 13.3. The highest BCUT2D eigenvalue weighted by atomic mass is 32.1. The van der Waals surface area contributed by atoms with Crippen molar-refractivity contribution < 1.29 is 27.8 Å². The second kappa shape index (κ2) is 8.32. The number of fused-ring (bicyclic) bond motifs is 1. The van der Waals surface area contributed by atoms with Crippen LogP contribution in [0.1, 0.15) is 17.1 Å². The van der Waals surface area contributed by atoms with Crippen LogP contribution in [0.3, 0.4) is 0 Å². The number of hydrogen-bond donors (Lipinski definition) is 1. The Kier molecular flexibility index (Phi) is 6.15. The normalized spacial score (nSPS) is 21.2. The molecule has 2 aromatic heterocycles. The van der Waals surface area contributed by atoms with E-state index >= 15 is 0 Å². The van der Waals surface area contributed by atoms with E-state index in [4.69, 9.17) is 14.6 Å². The molecule has 1 atom stereocenters. The molecule has 2 aliphatic rings. The van der Waals surface area contributed by atoms with Crippen molar-refractivity contribution in [3.05, 3.63) is 48.9 Å². The molecule has 2 aliphatic heterocycles. The molecule has 0 aliphatic carbocycles. The van der Waals surface area contributed by atoms with E-state index in [1.165, 1.54) is 16.5 Å². The van der Waals surface area contributed by atoms with E-state index < -0.39 is 23.3 Å². The third-order valence-corrected chi connectivity index (χ3v) is 5.71. The van der Waals surface area contributed by atoms with Crippen molar-refractivity contribution in [2.75, 3.05) is 13.1 Å². The van der Waals surface area contributed by atoms with E-state index in [0.717, 1.165) is 30.7 Å². The fourth-order valence-corrected chi connectivity index (χ4v) is 4.14. The number of carboxylic acid groups (broad SMARTS) is 1. The first-order chi connectivity index (χ1) is 14.0. The second-order valence-electron chi connectivity index (χ2n) is 7.05. The van der Waals surface area contributed by atoms with Crippen LogP contribution >= 0.6 is 11.3 Å². The molecule has 0 amide bonds. The molecule has 1 spiro atoms. The number of likely N-dealkylation sites (tertiary alicyclic amines) is 1. The van der Waals surface area contributed by atoms with Gasteiger partial charge < -0.3 is 9.84 Å². The number of nitrogens with zero attached hydrogens (tertiary/aromatic N) is 4. The molecule has 13 heteroatoms. The standard InChI is InChI=1S/C15H18N4O3S.C2HF3O2/c1-17-13(20)14(21)19-10-15(22-8-12(19)16-17)4-5-18(9-15)7-11-3-2-6-23-11;3-2(4,5)1(6)7/h2-3,6H,4-5,7-10H2,1H3;(H,6,7). The largest absolute Gasteiger partial charge is 0.490 e. The molecular weight excluding hydrogens is 429 g/mol. The number of ether oxygens (including phenoxy) is 1. The predicted octanol–water partition coefficient (Wildman–Crippen LogP) is 0.812. The van der Waals surface area contributed by atoms with Gasteiger partial charge in [0.2, 0.25) is 0 Å². The van der Waals surface area contributed by atoms with Gasteiger partial charge in [0.25, 0.3) is 0 Å². The summed E-state index contributed by atoms with van der Waals surface area (Å²) in [5.41, 5.74) is -1.47. The molecule has 9 nitrogen and oxygen atoms in total. The Balaban J connectivity index is 0.000000318. The second-order valence-corrected chi connectivity index (χ2v) is 8.08. The number of aryl methyl sites for hydroxylation is 1. The van der Waals surface area contributed by atoms with Crippen molar-refractivity contribution in [3.63, 3.8) is 0 Å². The van der Waals surface area contributed by atoms with Crippen LogP contribution in [0.25, 0.3) is 0 Å². The van der Waals surface area contributed by atoms with Crippen molar-refractivity contribution in [2.24, 2.45) is 7.05 Å². The maximum Gasteiger partial charge on any atom is 0.490 e. The van der Waals surface area contributed by atoms with Gasteiger partial charge >= 0.3 is 23.3 Å². The average molecular weight is 448 g/mol. The number of carbonyl (C=O) groups is 1. The number of aromatic nitrogens is 3. The van der Waals surface area contributed by atoms with Gasteiger partial charge in [0.15, 0.2) is 5.82 Å². The Bertz CT molecular complexity index is 1030. The summed E-state index contributed by atoms with van der Waals surface area (Å²) < 4.78 is 40.4. The van der Waals surface area contributed by atoms with Gasteiger partial charge in [-0.25, -0.2) is 9.48 Å². The van der Waals surface area contributed by atoms with Crippen molar-refractivity contribution in [2.45, 2.75) is 37.9 Å². The summed E-state index contributed by atoms with van der Waals surface area (Å²) >= 11 is 1.75. The third-order valence-electron chi connectivity index (χ3n) is 4.85. The summed E-state index contributed by atoms with van der Waals surface area (Å²) in [6, 6.07) is 4.19. The number of rotatable bonds is 2. The maximum atomic E-state index is 12.2. The quantitative estimate of drug-likeness (QED) is 0.678. The Morgan fingerprint density at radius 3 is 2.63 bits per heavy atom. The molecule has 1 saturated heterocycles. The lowest BCUT2D eigenvalue weighted by Crippen LogP contribution is -2.52. The molecule has 0 aromatic carbocycles. The fourth-order valence-electron chi connectivity index (χ4n) is 3.40. The van der Waals surface area contributed by atoms with Gasteiger partial charge in [-0.2, -0.15) is 18.3 Å². The summed E-state index contributed by atoms with van der Waals surface area (Å²) in [6.07, 6.45) is -4.22. The first kappa shape index (κ1) is 22.2. The summed E-state index contributed by atoms with van der Waals surface area (Å²) in [6.45, 7) is 3.28. The van der Waals surface area contributed by atoms with E-state index in [-0.39, 0.29) is 12.2 Å². The minimum atomic E-state index is -5.08. The third kappa shape index (κ3) is 4.79. The van der Waals surface area contributed by atoms with Gasteiger partial charge in [0, 0.05) is 31.6 Å². The van der Waals surface area contributed by atoms with E-state index in [0.29, 0.717) is 12.4 Å². The fraction of sp³-hybridized carbons (Fsp3) is 0.529. The highest BCUT2D eigenvalue weighted by Gasteiger charge is 2.43. The number of halogens is 3. The summed E-state index contributed by atoms with van der Waals surface area (Å²) in [5.74, 6) is -2.23. The number of carboxylic acids is 1. The summed E-state index contributed by atoms with van der Waals surface area (Å²) in [7, 11) is 1.49. The zero-order chi connectivity index (χ0) is 22.1. The van der Waals surface area contributed by atoms with Crippen LogP contribution in [0.5, 0.6) is 0 Å². The van der Waals surface area contributed by atoms with E-state index in [1.54, 1.807) is 11.3 Å². The molecule has 4 heterocycles. The van der Waals surface area contributed by atoms with Crippen molar-refractivity contribution in [1.82, 2.24) is 19.2 Å². The van der Waals surface area contributed by atoms with Crippen LogP contribution in [0.4, 0.5) is 13.2 Å². The van der Waals surface area contributed by atoms with Crippen LogP contribution < -0.4 is 11.1 Å². The highest BCUT2D eigenvalue weighted by Crippen LogP contribution is 2.32. The van der Waals surface area contributed by atoms with Gasteiger partial charge in [-0.3, -0.25) is 19.1 Å². The lowest BCUT2D eigenvalue weighted by Gasteiger charge is -2.35. The number of alkyl halides is 3. The van der Waals surface area contributed by atoms with Crippen LogP contribution in [-0.4, -0.2) is 55.2 Å². The minimum Gasteiger partial charge on any atom is -0.475 e. The van der Waals surface area contributed by atoms with E-state index in [1.807, 2.05) is 0 Å². The van der Waals surface area contributed by atoms with Crippen molar-refractivity contribution in [1.29, 1.82) is 0 Å². The van der Waals surface area contributed by atoms with Crippen molar-refractivity contribution >= 4 is 17.3 Å². The van der Waals surface area contributed by atoms with E-state index in [2.05, 4.69) is 27.5 Å². The van der Waals surface area contributed by atoms with Gasteiger partial charge in [-0.1, -0.05) is 6.07 Å². The van der Waals surface area contributed by atoms with Gasteiger partial charge in [0.05, 0.1) is 6.54 Å². The average Bonchev–Trinajstić information content (AvgIpc) is 3.31. The molecule has 1 N–H and O–H groups in total. The molecule has 1 unspecified atom stereocenters. The molecule has 0 radical (unpaired) electrons. The smallest absolute Gasteiger partial charge is 0.475 e. The van der Waals surface area contributed by atoms with Gasteiger partial charge in [0.1, 0.15) is 12.2 Å². The molecule has 1 fully saturated rings. The van der Waals surface area contributed by atoms with Gasteiger partial charge in [-0.15, -0.1) is 11.3 Å². The minimum absolute atomic E-state index is 0.274. The molecule has 164 valence electrons. The molecule has 0 bridgehead atoms. The molecular formula is C17H19F3N4O5S. The van der Waals surface area contributed by atoms with Crippen LogP contribution in [-0.2, 0) is 36.3 Å². The maximum absolute atomic E-state index is 12.2. The highest BCUT2D eigenvalue weighted by molar-refractivity contribution is 7.09. The topological polar surface area (TPSA) is 107 Å². The van der Waals surface area contributed by atoms with Crippen LogP contribution in [0.2, 0.25) is 0 Å². The number of aliphatic carboxylic acids is 1. The molecule has 2 aromatic rings. The predicted molar refractivity (Wildman–Crippen MR) is 99.2 cm³/mol. The Labute approximate surface area is 171 Å². The first-order valence-electron chi connectivity index (χ1n) is 8.87. The molecule has 4 rings (SSSR count). The zero-order valence-electron chi connectivity index (χ0n) is 15.9. The number of hydrogen-bond acceptors (Lipinski definition) is 7. The van der Waals surface area contributed by atoms with E-state index in [9.17, 15) is 22.8 Å². The Morgan fingerprint density at radius 2 is 2.03 bits per heavy atom. The Morgan fingerprint density at radius 1 is 1.33 bits per heavy atom. The van der Waals surface area contributed by atoms with Gasteiger partial charge in [-0.05, 0) is 17.9 Å². The zero-order valence-corrected chi connectivity index (χ0v) is 16.7. The number of thiophene rings is 1. The lowest BCUT2D eigenvalue weighted by atomic mass is 10.0. The SMILES string of the molecule is Cn1nc2n(c(=O)c1=O)CC1(CCN(Cc3cccs3)C1)OC2.O=C(O)C(F)(F)F. The monoisotopic (exact) mass is 448 g/mol.